The second-order valence-corrected chi connectivity index (χ2v) is 6.46. The van der Waals surface area contributed by atoms with Gasteiger partial charge in [-0.05, 0) is 18.4 Å². The van der Waals surface area contributed by atoms with Crippen LogP contribution in [0.3, 0.4) is 0 Å². The predicted octanol–water partition coefficient (Wildman–Crippen LogP) is 3.19. The third kappa shape index (κ3) is 3.52. The monoisotopic (exact) mass is 346 g/mol. The van der Waals surface area contributed by atoms with Crippen molar-refractivity contribution >= 4 is 16.8 Å². The van der Waals surface area contributed by atoms with Gasteiger partial charge >= 0.3 is 0 Å². The van der Waals surface area contributed by atoms with Gasteiger partial charge in [0.05, 0.1) is 33.3 Å². The molecule has 0 aliphatic heterocycles. The van der Waals surface area contributed by atoms with Crippen LogP contribution < -0.4 is 19.5 Å². The van der Waals surface area contributed by atoms with E-state index in [1.165, 1.54) is 19.3 Å². The van der Waals surface area contributed by atoms with Crippen LogP contribution in [0.4, 0.5) is 0 Å². The van der Waals surface area contributed by atoms with Crippen LogP contribution in [-0.4, -0.2) is 38.3 Å². The average molecular weight is 346 g/mol. The van der Waals surface area contributed by atoms with Crippen LogP contribution >= 0.6 is 0 Å². The van der Waals surface area contributed by atoms with E-state index in [4.69, 9.17) is 14.2 Å². The molecule has 0 saturated heterocycles. The lowest BCUT2D eigenvalue weighted by Crippen LogP contribution is -2.37. The van der Waals surface area contributed by atoms with Crippen molar-refractivity contribution in [2.75, 3.05) is 21.3 Å². The topological polar surface area (TPSA) is 72.6 Å². The quantitative estimate of drug-likeness (QED) is 0.842. The number of hydrogen-bond acceptors (Lipinski definition) is 4. The lowest BCUT2D eigenvalue weighted by molar-refractivity contribution is -0.121. The van der Waals surface area contributed by atoms with Crippen LogP contribution in [0.15, 0.2) is 12.3 Å². The van der Waals surface area contributed by atoms with Gasteiger partial charge in [-0.15, -0.1) is 0 Å². The molecule has 0 spiro atoms. The molecule has 1 aliphatic carbocycles. The van der Waals surface area contributed by atoms with Crippen molar-refractivity contribution in [1.29, 1.82) is 0 Å². The van der Waals surface area contributed by atoms with E-state index in [9.17, 15) is 4.79 Å². The highest BCUT2D eigenvalue weighted by molar-refractivity contribution is 5.96. The number of benzene rings is 1. The Balaban J connectivity index is 1.87. The minimum atomic E-state index is 0.0460. The van der Waals surface area contributed by atoms with Gasteiger partial charge in [0, 0.05) is 23.7 Å². The summed E-state index contributed by atoms with van der Waals surface area (Å²) in [7, 11) is 4.76. The molecular formula is C19H26N2O4. The van der Waals surface area contributed by atoms with Crippen molar-refractivity contribution in [1.82, 2.24) is 10.3 Å². The largest absolute Gasteiger partial charge is 0.493 e. The van der Waals surface area contributed by atoms with Crippen LogP contribution in [0.2, 0.25) is 0 Å². The molecule has 1 heterocycles. The molecule has 1 aromatic heterocycles. The first-order chi connectivity index (χ1) is 12.2. The minimum absolute atomic E-state index is 0.0460. The number of H-pyrrole nitrogens is 1. The van der Waals surface area contributed by atoms with Gasteiger partial charge in [0.2, 0.25) is 11.7 Å². The standard InChI is InChI=1S/C19H26N2O4/c1-23-15-10-14-17(19(25-3)18(15)24-2)12(11-20-14)9-16(22)21-13-7-5-4-6-8-13/h10-11,13,20H,4-9H2,1-3H3,(H,21,22). The average Bonchev–Trinajstić information content (AvgIpc) is 3.03. The number of hydrogen-bond donors (Lipinski definition) is 2. The summed E-state index contributed by atoms with van der Waals surface area (Å²) in [5.41, 5.74) is 1.75. The minimum Gasteiger partial charge on any atom is -0.493 e. The van der Waals surface area contributed by atoms with Crippen molar-refractivity contribution < 1.29 is 19.0 Å². The van der Waals surface area contributed by atoms with E-state index in [0.717, 1.165) is 29.3 Å². The van der Waals surface area contributed by atoms with Gasteiger partial charge in [0.25, 0.3) is 0 Å². The van der Waals surface area contributed by atoms with Crippen LogP contribution in [0.5, 0.6) is 17.2 Å². The van der Waals surface area contributed by atoms with Crippen molar-refractivity contribution in [3.63, 3.8) is 0 Å². The Morgan fingerprint density at radius 2 is 1.84 bits per heavy atom. The molecule has 1 fully saturated rings. The lowest BCUT2D eigenvalue weighted by atomic mass is 9.95. The fourth-order valence-electron chi connectivity index (χ4n) is 3.66. The molecule has 6 heteroatoms. The van der Waals surface area contributed by atoms with Gasteiger partial charge in [-0.1, -0.05) is 19.3 Å². The summed E-state index contributed by atoms with van der Waals surface area (Å²) >= 11 is 0. The smallest absolute Gasteiger partial charge is 0.224 e. The normalized spacial score (nSPS) is 15.2. The highest BCUT2D eigenvalue weighted by atomic mass is 16.5. The number of aromatic nitrogens is 1. The number of fused-ring (bicyclic) bond motifs is 1. The van der Waals surface area contributed by atoms with E-state index in [2.05, 4.69) is 10.3 Å². The van der Waals surface area contributed by atoms with E-state index in [1.807, 2.05) is 12.3 Å². The Bertz CT molecular complexity index is 747. The lowest BCUT2D eigenvalue weighted by Gasteiger charge is -2.22. The molecule has 0 bridgehead atoms. The fourth-order valence-corrected chi connectivity index (χ4v) is 3.66. The zero-order valence-corrected chi connectivity index (χ0v) is 15.1. The van der Waals surface area contributed by atoms with Crippen LogP contribution in [0, 0.1) is 0 Å². The highest BCUT2D eigenvalue weighted by Gasteiger charge is 2.22. The molecule has 3 rings (SSSR count). The number of carbonyl (C=O) groups is 1. The molecule has 6 nitrogen and oxygen atoms in total. The van der Waals surface area contributed by atoms with E-state index in [-0.39, 0.29) is 5.91 Å². The van der Waals surface area contributed by atoms with Gasteiger partial charge in [0.1, 0.15) is 0 Å². The summed E-state index contributed by atoms with van der Waals surface area (Å²) in [6.45, 7) is 0. The third-order valence-electron chi connectivity index (χ3n) is 4.87. The summed E-state index contributed by atoms with van der Waals surface area (Å²) in [4.78, 5) is 15.7. The van der Waals surface area contributed by atoms with E-state index in [1.54, 1.807) is 21.3 Å². The first-order valence-electron chi connectivity index (χ1n) is 8.76. The maximum absolute atomic E-state index is 12.5. The molecule has 0 unspecified atom stereocenters. The Morgan fingerprint density at radius 3 is 2.48 bits per heavy atom. The van der Waals surface area contributed by atoms with Gasteiger partial charge in [-0.3, -0.25) is 4.79 Å². The molecule has 2 aromatic rings. The van der Waals surface area contributed by atoms with E-state index >= 15 is 0 Å². The number of methoxy groups -OCH3 is 3. The number of ether oxygens (including phenoxy) is 3. The van der Waals surface area contributed by atoms with Crippen molar-refractivity contribution in [2.24, 2.45) is 0 Å². The molecule has 1 saturated carbocycles. The SMILES string of the molecule is COc1cc2[nH]cc(CC(=O)NC3CCCCC3)c2c(OC)c1OC. The number of aromatic amines is 1. The molecule has 25 heavy (non-hydrogen) atoms. The van der Waals surface area contributed by atoms with Gasteiger partial charge < -0.3 is 24.5 Å². The first-order valence-corrected chi connectivity index (χ1v) is 8.76. The molecule has 1 aromatic carbocycles. The number of carbonyl (C=O) groups excluding carboxylic acids is 1. The fraction of sp³-hybridized carbons (Fsp3) is 0.526. The summed E-state index contributed by atoms with van der Waals surface area (Å²) in [6, 6.07) is 2.17. The summed E-state index contributed by atoms with van der Waals surface area (Å²) in [6.07, 6.45) is 7.98. The summed E-state index contributed by atoms with van der Waals surface area (Å²) < 4.78 is 16.4. The van der Waals surface area contributed by atoms with Crippen LogP contribution in [-0.2, 0) is 11.2 Å². The molecule has 2 N–H and O–H groups in total. The Morgan fingerprint density at radius 1 is 1.12 bits per heavy atom. The van der Waals surface area contributed by atoms with Crippen molar-refractivity contribution in [3.05, 3.63) is 17.8 Å². The molecule has 1 amide bonds. The number of nitrogens with one attached hydrogen (secondary N) is 2. The molecular weight excluding hydrogens is 320 g/mol. The van der Waals surface area contributed by atoms with E-state index < -0.39 is 0 Å². The summed E-state index contributed by atoms with van der Waals surface area (Å²) in [5, 5.41) is 4.02. The Hall–Kier alpha value is -2.37. The second kappa shape index (κ2) is 7.68. The summed E-state index contributed by atoms with van der Waals surface area (Å²) in [5.74, 6) is 1.75. The van der Waals surface area contributed by atoms with Crippen molar-refractivity contribution in [3.8, 4) is 17.2 Å². The first kappa shape index (κ1) is 17.5. The number of rotatable bonds is 6. The molecule has 0 radical (unpaired) electrons. The molecule has 0 atom stereocenters. The van der Waals surface area contributed by atoms with Crippen LogP contribution in [0.1, 0.15) is 37.7 Å². The predicted molar refractivity (Wildman–Crippen MR) is 96.7 cm³/mol. The molecule has 136 valence electrons. The van der Waals surface area contributed by atoms with Gasteiger partial charge in [-0.25, -0.2) is 0 Å². The Labute approximate surface area is 147 Å². The zero-order chi connectivity index (χ0) is 17.8. The van der Waals surface area contributed by atoms with Gasteiger partial charge in [0.15, 0.2) is 11.5 Å². The van der Waals surface area contributed by atoms with Crippen molar-refractivity contribution in [2.45, 2.75) is 44.6 Å². The van der Waals surface area contributed by atoms with Gasteiger partial charge in [-0.2, -0.15) is 0 Å². The second-order valence-electron chi connectivity index (χ2n) is 6.46. The highest BCUT2D eigenvalue weighted by Crippen LogP contribution is 2.44. The van der Waals surface area contributed by atoms with E-state index in [0.29, 0.717) is 29.7 Å². The maximum Gasteiger partial charge on any atom is 0.224 e. The maximum atomic E-state index is 12.5. The molecule has 1 aliphatic rings. The van der Waals surface area contributed by atoms with Crippen LogP contribution in [0.25, 0.3) is 10.9 Å². The third-order valence-corrected chi connectivity index (χ3v) is 4.87. The zero-order valence-electron chi connectivity index (χ0n) is 15.1. The Kier molecular flexibility index (Phi) is 5.36. The number of amides is 1.